The summed E-state index contributed by atoms with van der Waals surface area (Å²) in [6.45, 7) is 1.99. The Morgan fingerprint density at radius 3 is 2.52 bits per heavy atom. The van der Waals surface area contributed by atoms with Gasteiger partial charge in [0.25, 0.3) is 11.6 Å². The molecule has 0 spiro atoms. The molecule has 4 aromatic rings. The summed E-state index contributed by atoms with van der Waals surface area (Å²) < 4.78 is 10.5. The SMILES string of the molecule is CCc1noc2ncc(C(=O)NC(c3ccccc3)c3ccc(OC)cc3)cc12. The van der Waals surface area contributed by atoms with Crippen LogP contribution in [-0.4, -0.2) is 23.2 Å². The van der Waals surface area contributed by atoms with Crippen molar-refractivity contribution in [2.45, 2.75) is 19.4 Å². The number of methoxy groups -OCH3 is 1. The summed E-state index contributed by atoms with van der Waals surface area (Å²) >= 11 is 0. The summed E-state index contributed by atoms with van der Waals surface area (Å²) in [6, 6.07) is 19.0. The number of carbonyl (C=O) groups excluding carboxylic acids is 1. The number of nitrogens with one attached hydrogen (secondary N) is 1. The van der Waals surface area contributed by atoms with Gasteiger partial charge in [-0.2, -0.15) is 0 Å². The van der Waals surface area contributed by atoms with E-state index >= 15 is 0 Å². The third kappa shape index (κ3) is 3.82. The zero-order valence-corrected chi connectivity index (χ0v) is 16.3. The molecule has 0 bridgehead atoms. The fraction of sp³-hybridized carbons (Fsp3) is 0.174. The molecular weight excluding hydrogens is 366 g/mol. The van der Waals surface area contributed by atoms with Gasteiger partial charge < -0.3 is 14.6 Å². The highest BCUT2D eigenvalue weighted by atomic mass is 16.5. The van der Waals surface area contributed by atoms with Crippen molar-refractivity contribution >= 4 is 17.0 Å². The van der Waals surface area contributed by atoms with Gasteiger partial charge in [0.05, 0.1) is 29.8 Å². The molecule has 1 N–H and O–H groups in total. The fourth-order valence-electron chi connectivity index (χ4n) is 3.27. The molecule has 2 aromatic carbocycles. The molecule has 0 saturated heterocycles. The van der Waals surface area contributed by atoms with Crippen molar-refractivity contribution in [1.82, 2.24) is 15.5 Å². The molecule has 0 fully saturated rings. The predicted molar refractivity (Wildman–Crippen MR) is 110 cm³/mol. The Morgan fingerprint density at radius 2 is 1.83 bits per heavy atom. The van der Waals surface area contributed by atoms with Crippen LogP contribution in [0.3, 0.4) is 0 Å². The van der Waals surface area contributed by atoms with Crippen LogP contribution in [0.25, 0.3) is 11.1 Å². The van der Waals surface area contributed by atoms with E-state index in [-0.39, 0.29) is 11.9 Å². The molecule has 2 heterocycles. The van der Waals surface area contributed by atoms with E-state index in [1.54, 1.807) is 13.2 Å². The highest BCUT2D eigenvalue weighted by Gasteiger charge is 2.19. The number of hydrogen-bond acceptors (Lipinski definition) is 5. The summed E-state index contributed by atoms with van der Waals surface area (Å²) in [5, 5.41) is 7.90. The van der Waals surface area contributed by atoms with Crippen molar-refractivity contribution in [2.75, 3.05) is 7.11 Å². The van der Waals surface area contributed by atoms with Crippen molar-refractivity contribution in [3.8, 4) is 5.75 Å². The first kappa shape index (κ1) is 18.7. The van der Waals surface area contributed by atoms with Crippen LogP contribution >= 0.6 is 0 Å². The zero-order chi connectivity index (χ0) is 20.2. The number of rotatable bonds is 6. The maximum absolute atomic E-state index is 13.1. The van der Waals surface area contributed by atoms with Crippen molar-refractivity contribution < 1.29 is 14.1 Å². The summed E-state index contributed by atoms with van der Waals surface area (Å²) in [5.41, 5.74) is 3.63. The zero-order valence-electron chi connectivity index (χ0n) is 16.3. The number of nitrogens with zero attached hydrogens (tertiary/aromatic N) is 2. The molecule has 6 heteroatoms. The van der Waals surface area contributed by atoms with Gasteiger partial charge in [-0.15, -0.1) is 0 Å². The van der Waals surface area contributed by atoms with Crippen molar-refractivity contribution in [1.29, 1.82) is 0 Å². The molecule has 1 unspecified atom stereocenters. The van der Waals surface area contributed by atoms with Gasteiger partial charge in [-0.25, -0.2) is 4.98 Å². The van der Waals surface area contributed by atoms with E-state index in [2.05, 4.69) is 15.5 Å². The van der Waals surface area contributed by atoms with Crippen LogP contribution in [0.2, 0.25) is 0 Å². The Balaban J connectivity index is 1.67. The van der Waals surface area contributed by atoms with E-state index in [1.165, 1.54) is 6.20 Å². The van der Waals surface area contributed by atoms with Gasteiger partial charge in [0.1, 0.15) is 5.75 Å². The van der Waals surface area contributed by atoms with Gasteiger partial charge in [0.15, 0.2) is 0 Å². The summed E-state index contributed by atoms with van der Waals surface area (Å²) in [4.78, 5) is 17.3. The average molecular weight is 387 g/mol. The largest absolute Gasteiger partial charge is 0.497 e. The molecule has 0 aliphatic rings. The standard InChI is InChI=1S/C23H21N3O3/c1-3-20-19-13-17(14-24-23(19)29-26-20)22(27)25-21(15-7-5-4-6-8-15)16-9-11-18(28-2)12-10-16/h4-14,21H,3H2,1-2H3,(H,25,27). The van der Waals surface area contributed by atoms with Gasteiger partial charge in [-0.05, 0) is 35.7 Å². The molecule has 1 amide bonds. The van der Waals surface area contributed by atoms with Crippen LogP contribution in [0.1, 0.15) is 40.1 Å². The fourth-order valence-corrected chi connectivity index (χ4v) is 3.27. The highest BCUT2D eigenvalue weighted by molar-refractivity contribution is 5.97. The lowest BCUT2D eigenvalue weighted by Gasteiger charge is -2.20. The van der Waals surface area contributed by atoms with Crippen LogP contribution in [0.15, 0.2) is 71.4 Å². The summed E-state index contributed by atoms with van der Waals surface area (Å²) in [5.74, 6) is 0.549. The van der Waals surface area contributed by atoms with E-state index < -0.39 is 0 Å². The number of aromatic nitrogens is 2. The first-order valence-electron chi connectivity index (χ1n) is 9.43. The van der Waals surface area contributed by atoms with Crippen molar-refractivity contribution in [3.63, 3.8) is 0 Å². The molecule has 1 atom stereocenters. The Kier molecular flexibility index (Phi) is 5.24. The van der Waals surface area contributed by atoms with E-state index in [0.717, 1.165) is 28.0 Å². The molecule has 0 radical (unpaired) electrons. The third-order valence-corrected chi connectivity index (χ3v) is 4.86. The first-order chi connectivity index (χ1) is 14.2. The lowest BCUT2D eigenvalue weighted by Crippen LogP contribution is -2.29. The molecule has 4 rings (SSSR count). The minimum Gasteiger partial charge on any atom is -0.497 e. The number of fused-ring (bicyclic) bond motifs is 1. The monoisotopic (exact) mass is 387 g/mol. The minimum absolute atomic E-state index is 0.215. The molecular formula is C23H21N3O3. The molecule has 0 saturated carbocycles. The highest BCUT2D eigenvalue weighted by Crippen LogP contribution is 2.25. The Bertz CT molecular complexity index is 1120. The van der Waals surface area contributed by atoms with Gasteiger partial charge in [0.2, 0.25) is 0 Å². The van der Waals surface area contributed by atoms with Crippen LogP contribution in [-0.2, 0) is 6.42 Å². The number of pyridine rings is 1. The van der Waals surface area contributed by atoms with E-state index in [0.29, 0.717) is 17.7 Å². The smallest absolute Gasteiger partial charge is 0.257 e. The summed E-state index contributed by atoms with van der Waals surface area (Å²) in [7, 11) is 1.63. The summed E-state index contributed by atoms with van der Waals surface area (Å²) in [6.07, 6.45) is 2.22. The van der Waals surface area contributed by atoms with Crippen molar-refractivity contribution in [3.05, 3.63) is 89.2 Å². The lowest BCUT2D eigenvalue weighted by atomic mass is 9.98. The molecule has 146 valence electrons. The molecule has 0 aliphatic heterocycles. The predicted octanol–water partition coefficient (Wildman–Crippen LogP) is 4.31. The van der Waals surface area contributed by atoms with Crippen LogP contribution in [0, 0.1) is 0 Å². The van der Waals surface area contributed by atoms with Crippen LogP contribution in [0.5, 0.6) is 5.75 Å². The van der Waals surface area contributed by atoms with Gasteiger partial charge in [0, 0.05) is 6.20 Å². The minimum atomic E-state index is -0.307. The maximum Gasteiger partial charge on any atom is 0.257 e. The first-order valence-corrected chi connectivity index (χ1v) is 9.43. The normalized spacial score (nSPS) is 11.9. The maximum atomic E-state index is 13.1. The molecule has 0 aliphatic carbocycles. The van der Waals surface area contributed by atoms with E-state index in [9.17, 15) is 4.79 Å². The second kappa shape index (κ2) is 8.14. The molecule has 6 nitrogen and oxygen atoms in total. The van der Waals surface area contributed by atoms with Gasteiger partial charge >= 0.3 is 0 Å². The Morgan fingerprint density at radius 1 is 1.10 bits per heavy atom. The van der Waals surface area contributed by atoms with Gasteiger partial charge in [-0.1, -0.05) is 54.5 Å². The quantitative estimate of drug-likeness (QED) is 0.533. The van der Waals surface area contributed by atoms with Crippen molar-refractivity contribution in [2.24, 2.45) is 0 Å². The second-order valence-corrected chi connectivity index (χ2v) is 6.65. The molecule has 2 aromatic heterocycles. The van der Waals surface area contributed by atoms with Crippen LogP contribution in [0.4, 0.5) is 0 Å². The number of ether oxygens (including phenoxy) is 1. The number of aryl methyl sites for hydroxylation is 1. The average Bonchev–Trinajstić information content (AvgIpc) is 3.20. The third-order valence-electron chi connectivity index (χ3n) is 4.86. The number of benzene rings is 2. The van der Waals surface area contributed by atoms with Crippen LogP contribution < -0.4 is 10.1 Å². The van der Waals surface area contributed by atoms with E-state index in [4.69, 9.17) is 9.26 Å². The van der Waals surface area contributed by atoms with Gasteiger partial charge in [-0.3, -0.25) is 4.79 Å². The Labute approximate surface area is 168 Å². The van der Waals surface area contributed by atoms with E-state index in [1.807, 2.05) is 61.5 Å². The Hall–Kier alpha value is -3.67. The topological polar surface area (TPSA) is 77.2 Å². The number of carbonyl (C=O) groups is 1. The lowest BCUT2D eigenvalue weighted by molar-refractivity contribution is 0.0943. The number of amides is 1. The number of hydrogen-bond donors (Lipinski definition) is 1. The second-order valence-electron chi connectivity index (χ2n) is 6.65. The molecule has 29 heavy (non-hydrogen) atoms.